The van der Waals surface area contributed by atoms with Crippen LogP contribution < -0.4 is 10.6 Å². The fourth-order valence-corrected chi connectivity index (χ4v) is 3.12. The average Bonchev–Trinajstić information content (AvgIpc) is 3.31. The quantitative estimate of drug-likeness (QED) is 0.629. The number of hydrogen-bond donors (Lipinski definition) is 2. The average molecular weight is 387 g/mol. The lowest BCUT2D eigenvalue weighted by Crippen LogP contribution is -2.41. The molecule has 0 atom stereocenters. The zero-order valence-electron chi connectivity index (χ0n) is 14.5. The molecule has 8 nitrogen and oxygen atoms in total. The second kappa shape index (κ2) is 8.45. The van der Waals surface area contributed by atoms with E-state index in [2.05, 4.69) is 15.6 Å². The van der Waals surface area contributed by atoms with E-state index < -0.39 is 24.5 Å². The zero-order valence-corrected chi connectivity index (χ0v) is 15.3. The number of benzene rings is 1. The highest BCUT2D eigenvalue weighted by molar-refractivity contribution is 7.21. The zero-order chi connectivity index (χ0) is 19.2. The molecule has 1 aromatic carbocycles. The van der Waals surface area contributed by atoms with Gasteiger partial charge in [0.2, 0.25) is 5.76 Å². The predicted molar refractivity (Wildman–Crippen MR) is 99.4 cm³/mol. The maximum Gasteiger partial charge on any atom is 0.374 e. The Balaban J connectivity index is 1.57. The van der Waals surface area contributed by atoms with E-state index in [9.17, 15) is 14.4 Å². The number of ether oxygens (including phenoxy) is 1. The van der Waals surface area contributed by atoms with Gasteiger partial charge in [-0.3, -0.25) is 10.1 Å². The van der Waals surface area contributed by atoms with Crippen LogP contribution in [0.4, 0.5) is 4.79 Å². The smallest absolute Gasteiger partial charge is 0.374 e. The summed E-state index contributed by atoms with van der Waals surface area (Å²) in [4.78, 5) is 39.4. The normalized spacial score (nSPS) is 10.6. The Hall–Kier alpha value is -3.20. The van der Waals surface area contributed by atoms with Crippen LogP contribution in [0.5, 0.6) is 0 Å². The lowest BCUT2D eigenvalue weighted by atomic mass is 10.3. The summed E-state index contributed by atoms with van der Waals surface area (Å²) >= 11 is 1.44. The molecule has 140 valence electrons. The van der Waals surface area contributed by atoms with E-state index in [1.54, 1.807) is 6.07 Å². The molecule has 0 aliphatic carbocycles. The van der Waals surface area contributed by atoms with Gasteiger partial charge in [-0.2, -0.15) is 0 Å². The first kappa shape index (κ1) is 18.6. The third kappa shape index (κ3) is 4.70. The summed E-state index contributed by atoms with van der Waals surface area (Å²) in [5.41, 5.74) is 0.844. The SMILES string of the molecule is CCCNC(=O)NC(=O)COC(=O)c1ccc(-c2nc3ccccc3s2)o1. The third-order valence-corrected chi connectivity index (χ3v) is 4.49. The topological polar surface area (TPSA) is 111 Å². The summed E-state index contributed by atoms with van der Waals surface area (Å²) in [5.74, 6) is -1.14. The summed E-state index contributed by atoms with van der Waals surface area (Å²) < 4.78 is 11.4. The van der Waals surface area contributed by atoms with Gasteiger partial charge < -0.3 is 14.5 Å². The van der Waals surface area contributed by atoms with Crippen molar-refractivity contribution in [3.63, 3.8) is 0 Å². The van der Waals surface area contributed by atoms with Crippen molar-refractivity contribution in [3.05, 3.63) is 42.2 Å². The van der Waals surface area contributed by atoms with Crippen molar-refractivity contribution >= 4 is 39.5 Å². The number of amides is 3. The molecule has 0 aliphatic rings. The second-order valence-electron chi connectivity index (χ2n) is 5.53. The molecule has 0 saturated heterocycles. The first-order chi connectivity index (χ1) is 13.1. The van der Waals surface area contributed by atoms with Gasteiger partial charge in [0, 0.05) is 6.54 Å². The number of esters is 1. The van der Waals surface area contributed by atoms with E-state index >= 15 is 0 Å². The van der Waals surface area contributed by atoms with E-state index in [-0.39, 0.29) is 5.76 Å². The van der Waals surface area contributed by atoms with Gasteiger partial charge in [-0.15, -0.1) is 11.3 Å². The van der Waals surface area contributed by atoms with Crippen molar-refractivity contribution in [2.45, 2.75) is 13.3 Å². The maximum absolute atomic E-state index is 12.0. The number of nitrogens with zero attached hydrogens (tertiary/aromatic N) is 1. The van der Waals surface area contributed by atoms with Gasteiger partial charge in [0.1, 0.15) is 0 Å². The number of carbonyl (C=O) groups excluding carboxylic acids is 3. The maximum atomic E-state index is 12.0. The molecule has 27 heavy (non-hydrogen) atoms. The van der Waals surface area contributed by atoms with Gasteiger partial charge in [-0.1, -0.05) is 19.1 Å². The fraction of sp³-hybridized carbons (Fsp3) is 0.222. The van der Waals surface area contributed by atoms with E-state index in [0.29, 0.717) is 17.3 Å². The number of rotatable bonds is 6. The highest BCUT2D eigenvalue weighted by atomic mass is 32.1. The molecule has 0 aliphatic heterocycles. The van der Waals surface area contributed by atoms with Crippen molar-refractivity contribution < 1.29 is 23.5 Å². The number of furan rings is 1. The molecule has 3 aromatic rings. The van der Waals surface area contributed by atoms with Crippen LogP contribution in [-0.2, 0) is 9.53 Å². The Bertz CT molecular complexity index is 945. The fourth-order valence-electron chi connectivity index (χ4n) is 2.19. The highest BCUT2D eigenvalue weighted by Crippen LogP contribution is 2.31. The second-order valence-corrected chi connectivity index (χ2v) is 6.56. The molecule has 0 unspecified atom stereocenters. The Morgan fingerprint density at radius 1 is 1.19 bits per heavy atom. The molecule has 0 saturated carbocycles. The third-order valence-electron chi connectivity index (χ3n) is 3.43. The van der Waals surface area contributed by atoms with Crippen LogP contribution in [0.25, 0.3) is 21.0 Å². The van der Waals surface area contributed by atoms with E-state index in [4.69, 9.17) is 9.15 Å². The summed E-state index contributed by atoms with van der Waals surface area (Å²) in [6.45, 7) is 1.74. The van der Waals surface area contributed by atoms with Gasteiger partial charge in [-0.25, -0.2) is 14.6 Å². The van der Waals surface area contributed by atoms with Gasteiger partial charge in [0.15, 0.2) is 17.4 Å². The van der Waals surface area contributed by atoms with Crippen LogP contribution in [0.2, 0.25) is 0 Å². The van der Waals surface area contributed by atoms with Crippen molar-refractivity contribution in [2.24, 2.45) is 0 Å². The van der Waals surface area contributed by atoms with Crippen molar-refractivity contribution in [2.75, 3.05) is 13.2 Å². The first-order valence-electron chi connectivity index (χ1n) is 8.27. The van der Waals surface area contributed by atoms with Gasteiger partial charge >= 0.3 is 12.0 Å². The van der Waals surface area contributed by atoms with Crippen molar-refractivity contribution in [1.82, 2.24) is 15.6 Å². The van der Waals surface area contributed by atoms with E-state index in [1.165, 1.54) is 17.4 Å². The molecular weight excluding hydrogens is 370 g/mol. The monoisotopic (exact) mass is 387 g/mol. The number of hydrogen-bond acceptors (Lipinski definition) is 7. The molecule has 2 N–H and O–H groups in total. The van der Waals surface area contributed by atoms with E-state index in [0.717, 1.165) is 16.6 Å². The number of carbonyl (C=O) groups is 3. The lowest BCUT2D eigenvalue weighted by Gasteiger charge is -2.05. The Morgan fingerprint density at radius 3 is 2.78 bits per heavy atom. The van der Waals surface area contributed by atoms with Gasteiger partial charge in [-0.05, 0) is 30.7 Å². The van der Waals surface area contributed by atoms with Crippen molar-refractivity contribution in [3.8, 4) is 10.8 Å². The predicted octanol–water partition coefficient (Wildman–Crippen LogP) is 2.95. The first-order valence-corrected chi connectivity index (χ1v) is 9.09. The van der Waals surface area contributed by atoms with Crippen LogP contribution in [0.3, 0.4) is 0 Å². The minimum absolute atomic E-state index is 0.0486. The summed E-state index contributed by atoms with van der Waals surface area (Å²) in [6, 6.07) is 10.1. The number of nitrogens with one attached hydrogen (secondary N) is 2. The molecule has 0 radical (unpaired) electrons. The van der Waals surface area contributed by atoms with Crippen LogP contribution >= 0.6 is 11.3 Å². The molecule has 2 aromatic heterocycles. The largest absolute Gasteiger partial charge is 0.450 e. The highest BCUT2D eigenvalue weighted by Gasteiger charge is 2.17. The number of para-hydroxylation sites is 1. The molecule has 0 bridgehead atoms. The number of fused-ring (bicyclic) bond motifs is 1. The Morgan fingerprint density at radius 2 is 2.00 bits per heavy atom. The molecule has 9 heteroatoms. The molecule has 2 heterocycles. The minimum Gasteiger partial charge on any atom is -0.450 e. The summed E-state index contributed by atoms with van der Waals surface area (Å²) in [7, 11) is 0. The minimum atomic E-state index is -0.800. The number of imide groups is 1. The van der Waals surface area contributed by atoms with Crippen LogP contribution in [0, 0.1) is 0 Å². The number of urea groups is 1. The standard InChI is InChI=1S/C18H17N3O5S/c1-2-9-19-18(24)21-15(22)10-25-17(23)13-8-7-12(26-13)16-20-11-5-3-4-6-14(11)27-16/h3-8H,2,9-10H2,1H3,(H2,19,21,22,24). The Labute approximate surface area is 158 Å². The molecule has 0 fully saturated rings. The lowest BCUT2D eigenvalue weighted by molar-refractivity contribution is -0.123. The van der Waals surface area contributed by atoms with Crippen LogP contribution in [0.1, 0.15) is 23.9 Å². The van der Waals surface area contributed by atoms with E-state index in [1.807, 2.05) is 31.2 Å². The molecule has 3 amide bonds. The Kier molecular flexibility index (Phi) is 5.82. The molecular formula is C18H17N3O5S. The molecule has 3 rings (SSSR count). The molecule has 0 spiro atoms. The van der Waals surface area contributed by atoms with Crippen LogP contribution in [0.15, 0.2) is 40.8 Å². The number of thiazole rings is 1. The van der Waals surface area contributed by atoms with Gasteiger partial charge in [0.25, 0.3) is 5.91 Å². The van der Waals surface area contributed by atoms with Gasteiger partial charge in [0.05, 0.1) is 10.2 Å². The summed E-state index contributed by atoms with van der Waals surface area (Å²) in [5, 5.41) is 5.18. The van der Waals surface area contributed by atoms with Crippen molar-refractivity contribution in [1.29, 1.82) is 0 Å². The summed E-state index contributed by atoms with van der Waals surface area (Å²) in [6.07, 6.45) is 0.742. The van der Waals surface area contributed by atoms with Crippen LogP contribution in [-0.4, -0.2) is 36.0 Å². The number of aromatic nitrogens is 1.